The summed E-state index contributed by atoms with van der Waals surface area (Å²) in [5.74, 6) is 0.910. The van der Waals surface area contributed by atoms with Gasteiger partial charge in [0.25, 0.3) is 5.91 Å². The molecule has 0 spiro atoms. The quantitative estimate of drug-likeness (QED) is 0.751. The molecule has 18 heavy (non-hydrogen) atoms. The first-order valence-electron chi connectivity index (χ1n) is 5.30. The third-order valence-electron chi connectivity index (χ3n) is 2.27. The van der Waals surface area contributed by atoms with Crippen molar-refractivity contribution < 1.29 is 4.79 Å². The van der Waals surface area contributed by atoms with Crippen molar-refractivity contribution >= 4 is 5.91 Å². The highest BCUT2D eigenvalue weighted by molar-refractivity contribution is 5.90. The van der Waals surface area contributed by atoms with E-state index in [2.05, 4.69) is 20.1 Å². The fourth-order valence-corrected chi connectivity index (χ4v) is 1.49. The molecule has 0 aliphatic rings. The molecule has 0 aliphatic heterocycles. The Morgan fingerprint density at radius 3 is 2.78 bits per heavy atom. The van der Waals surface area contributed by atoms with Gasteiger partial charge in [-0.15, -0.1) is 5.10 Å². The Kier molecular flexibility index (Phi) is 3.02. The Labute approximate surface area is 103 Å². The first kappa shape index (κ1) is 12.1. The molecule has 8 heteroatoms. The summed E-state index contributed by atoms with van der Waals surface area (Å²) in [5, 5.41) is 4.19. The van der Waals surface area contributed by atoms with Gasteiger partial charge in [0.05, 0.1) is 6.04 Å². The van der Waals surface area contributed by atoms with Gasteiger partial charge in [-0.25, -0.2) is 15.0 Å². The predicted octanol–water partition coefficient (Wildman–Crippen LogP) is -0.516. The van der Waals surface area contributed by atoms with Crippen LogP contribution >= 0.6 is 0 Å². The number of carbonyl (C=O) groups excluding carboxylic acids is 1. The number of nitrogens with zero attached hydrogens (tertiary/aromatic N) is 5. The van der Waals surface area contributed by atoms with Crippen LogP contribution in [0.3, 0.4) is 0 Å². The van der Waals surface area contributed by atoms with E-state index in [-0.39, 0.29) is 11.7 Å². The fraction of sp³-hybridized carbons (Fsp3) is 0.300. The summed E-state index contributed by atoms with van der Waals surface area (Å²) in [6, 6.07) is 1.14. The van der Waals surface area contributed by atoms with Gasteiger partial charge in [0, 0.05) is 6.07 Å². The van der Waals surface area contributed by atoms with Crippen LogP contribution in [0, 0.1) is 6.92 Å². The molecule has 0 saturated heterocycles. The molecular formula is C10H13N7O. The number of nitrogens with two attached hydrogens (primary N) is 2. The Morgan fingerprint density at radius 1 is 1.44 bits per heavy atom. The van der Waals surface area contributed by atoms with Crippen LogP contribution in [0.5, 0.6) is 0 Å². The van der Waals surface area contributed by atoms with Crippen molar-refractivity contribution in [2.75, 3.05) is 0 Å². The van der Waals surface area contributed by atoms with E-state index in [1.54, 1.807) is 13.8 Å². The highest BCUT2D eigenvalue weighted by Crippen LogP contribution is 2.12. The van der Waals surface area contributed by atoms with Gasteiger partial charge in [0.2, 0.25) is 0 Å². The molecule has 0 fully saturated rings. The number of hydrogen-bond acceptors (Lipinski definition) is 6. The Hall–Kier alpha value is -2.35. The number of carbonyl (C=O) groups is 1. The zero-order chi connectivity index (χ0) is 13.3. The van der Waals surface area contributed by atoms with Crippen molar-refractivity contribution in [2.24, 2.45) is 11.5 Å². The number of hydrogen-bond donors (Lipinski definition) is 2. The summed E-state index contributed by atoms with van der Waals surface area (Å²) in [6.07, 6.45) is 1.25. The van der Waals surface area contributed by atoms with Crippen LogP contribution in [0.15, 0.2) is 12.4 Å². The predicted molar refractivity (Wildman–Crippen MR) is 62.8 cm³/mol. The minimum Gasteiger partial charge on any atom is -0.364 e. The van der Waals surface area contributed by atoms with E-state index in [0.29, 0.717) is 17.5 Å². The zero-order valence-electron chi connectivity index (χ0n) is 10.0. The van der Waals surface area contributed by atoms with E-state index in [1.807, 2.05) is 0 Å². The molecule has 4 N–H and O–H groups in total. The van der Waals surface area contributed by atoms with E-state index >= 15 is 0 Å². The molecule has 2 rings (SSSR count). The number of amides is 1. The van der Waals surface area contributed by atoms with Gasteiger partial charge in [0.1, 0.15) is 17.8 Å². The maximum Gasteiger partial charge on any atom is 0.267 e. The molecule has 1 unspecified atom stereocenters. The van der Waals surface area contributed by atoms with Crippen molar-refractivity contribution in [3.63, 3.8) is 0 Å². The topological polar surface area (TPSA) is 126 Å². The average molecular weight is 247 g/mol. The minimum atomic E-state index is -0.627. The average Bonchev–Trinajstić information content (AvgIpc) is 2.72. The van der Waals surface area contributed by atoms with Gasteiger partial charge < -0.3 is 11.5 Å². The summed E-state index contributed by atoms with van der Waals surface area (Å²) in [4.78, 5) is 23.1. The maximum absolute atomic E-state index is 11.1. The van der Waals surface area contributed by atoms with Crippen molar-refractivity contribution in [2.45, 2.75) is 19.9 Å². The normalized spacial score (nSPS) is 12.4. The largest absolute Gasteiger partial charge is 0.364 e. The van der Waals surface area contributed by atoms with Crippen molar-refractivity contribution in [3.05, 3.63) is 29.7 Å². The maximum atomic E-state index is 11.1. The van der Waals surface area contributed by atoms with Crippen molar-refractivity contribution in [3.8, 4) is 5.82 Å². The highest BCUT2D eigenvalue weighted by atomic mass is 16.1. The van der Waals surface area contributed by atoms with Crippen LogP contribution in [0.2, 0.25) is 0 Å². The number of primary amides is 1. The van der Waals surface area contributed by atoms with Gasteiger partial charge in [-0.05, 0) is 13.8 Å². The lowest BCUT2D eigenvalue weighted by Gasteiger charge is -2.07. The van der Waals surface area contributed by atoms with E-state index in [9.17, 15) is 4.79 Å². The second-order valence-electron chi connectivity index (χ2n) is 3.84. The molecule has 0 aromatic carbocycles. The third kappa shape index (κ3) is 2.18. The summed E-state index contributed by atoms with van der Waals surface area (Å²) in [6.45, 7) is 3.54. The highest BCUT2D eigenvalue weighted by Gasteiger charge is 2.15. The molecule has 1 amide bonds. The van der Waals surface area contributed by atoms with Gasteiger partial charge >= 0.3 is 0 Å². The van der Waals surface area contributed by atoms with Crippen LogP contribution < -0.4 is 11.5 Å². The first-order chi connectivity index (χ1) is 8.49. The Balaban J connectivity index is 2.54. The van der Waals surface area contributed by atoms with Gasteiger partial charge in [-0.2, -0.15) is 4.68 Å². The number of rotatable bonds is 3. The molecule has 8 nitrogen and oxygen atoms in total. The Morgan fingerprint density at radius 2 is 2.17 bits per heavy atom. The lowest BCUT2D eigenvalue weighted by molar-refractivity contribution is 0.0995. The molecule has 0 bridgehead atoms. The summed E-state index contributed by atoms with van der Waals surface area (Å²) < 4.78 is 1.48. The van der Waals surface area contributed by atoms with Crippen molar-refractivity contribution in [1.82, 2.24) is 24.7 Å². The molecule has 94 valence electrons. The standard InChI is InChI=1S/C10H13N7O/c1-5(11)10-15-6(2)16-17(10)8-3-7(9(12)18)13-4-14-8/h3-5H,11H2,1-2H3,(H2,12,18). The van der Waals surface area contributed by atoms with Gasteiger partial charge in [0.15, 0.2) is 11.6 Å². The van der Waals surface area contributed by atoms with Crippen LogP contribution in [-0.4, -0.2) is 30.6 Å². The molecule has 2 aromatic heterocycles. The lowest BCUT2D eigenvalue weighted by Crippen LogP contribution is -2.17. The van der Waals surface area contributed by atoms with E-state index in [4.69, 9.17) is 11.5 Å². The number of aromatic nitrogens is 5. The van der Waals surface area contributed by atoms with Crippen LogP contribution in [0.1, 0.15) is 35.1 Å². The van der Waals surface area contributed by atoms with E-state index in [0.717, 1.165) is 0 Å². The van der Waals surface area contributed by atoms with E-state index < -0.39 is 5.91 Å². The summed E-state index contributed by atoms with van der Waals surface area (Å²) >= 11 is 0. The van der Waals surface area contributed by atoms with Crippen LogP contribution in [0.25, 0.3) is 5.82 Å². The minimum absolute atomic E-state index is 0.115. The number of aryl methyl sites for hydroxylation is 1. The molecule has 0 saturated carbocycles. The fourth-order valence-electron chi connectivity index (χ4n) is 1.49. The third-order valence-corrected chi connectivity index (χ3v) is 2.27. The Bertz CT molecular complexity index is 590. The molecule has 0 aliphatic carbocycles. The second-order valence-corrected chi connectivity index (χ2v) is 3.84. The second kappa shape index (κ2) is 4.49. The molecule has 0 radical (unpaired) electrons. The SMILES string of the molecule is Cc1nc(C(C)N)n(-c2cc(C(N)=O)ncn2)n1. The molecule has 2 heterocycles. The van der Waals surface area contributed by atoms with Crippen molar-refractivity contribution in [1.29, 1.82) is 0 Å². The van der Waals surface area contributed by atoms with Crippen LogP contribution in [0.4, 0.5) is 0 Å². The zero-order valence-corrected chi connectivity index (χ0v) is 10.0. The van der Waals surface area contributed by atoms with Gasteiger partial charge in [-0.3, -0.25) is 4.79 Å². The molecular weight excluding hydrogens is 234 g/mol. The smallest absolute Gasteiger partial charge is 0.267 e. The van der Waals surface area contributed by atoms with E-state index in [1.165, 1.54) is 17.1 Å². The summed E-state index contributed by atoms with van der Waals surface area (Å²) in [7, 11) is 0. The van der Waals surface area contributed by atoms with Gasteiger partial charge in [-0.1, -0.05) is 0 Å². The monoisotopic (exact) mass is 247 g/mol. The summed E-state index contributed by atoms with van der Waals surface area (Å²) in [5.41, 5.74) is 11.1. The molecule has 2 aromatic rings. The first-order valence-corrected chi connectivity index (χ1v) is 5.30. The molecule has 1 atom stereocenters. The lowest BCUT2D eigenvalue weighted by atomic mass is 10.3. The van der Waals surface area contributed by atoms with Crippen LogP contribution in [-0.2, 0) is 0 Å².